The van der Waals surface area contributed by atoms with Crippen LogP contribution in [0.25, 0.3) is 33.2 Å². The monoisotopic (exact) mass is 534 g/mol. The van der Waals surface area contributed by atoms with Crippen molar-refractivity contribution in [2.24, 2.45) is 5.10 Å². The molecular formula is C34H38N4O2. The summed E-state index contributed by atoms with van der Waals surface area (Å²) in [5, 5.41) is 6.51. The highest BCUT2D eigenvalue weighted by molar-refractivity contribution is 6.01. The van der Waals surface area contributed by atoms with E-state index in [0.29, 0.717) is 29.4 Å². The third-order valence-corrected chi connectivity index (χ3v) is 7.81. The fourth-order valence-electron chi connectivity index (χ4n) is 5.52. The van der Waals surface area contributed by atoms with E-state index >= 15 is 0 Å². The van der Waals surface area contributed by atoms with Gasteiger partial charge in [0.25, 0.3) is 5.56 Å². The van der Waals surface area contributed by atoms with E-state index in [0.717, 1.165) is 45.5 Å². The van der Waals surface area contributed by atoms with Crippen LogP contribution in [-0.2, 0) is 0 Å². The molecule has 0 saturated carbocycles. The summed E-state index contributed by atoms with van der Waals surface area (Å²) in [6.07, 6.45) is 2.84. The van der Waals surface area contributed by atoms with Gasteiger partial charge in [0, 0.05) is 33.8 Å². The average Bonchev–Trinajstić information content (AvgIpc) is 3.23. The molecule has 0 N–H and O–H groups in total. The minimum Gasteiger partial charge on any atom is -0.494 e. The Labute approximate surface area is 235 Å². The molecule has 0 amide bonds. The van der Waals surface area contributed by atoms with Gasteiger partial charge in [0.1, 0.15) is 5.75 Å². The molecule has 206 valence electrons. The van der Waals surface area contributed by atoms with E-state index in [1.807, 2.05) is 56.5 Å². The summed E-state index contributed by atoms with van der Waals surface area (Å²) in [6.45, 7) is 15.5. The second-order valence-corrected chi connectivity index (χ2v) is 10.8. The number of para-hydroxylation sites is 2. The SMILES string of the molecule is CCOc1cc(C)c(-c2nc3ccccc3c(=O)n2N=Cc2c(C)n([C@@H](C)CC)c3ccccc23)cc1C(C)C. The molecule has 0 spiro atoms. The summed E-state index contributed by atoms with van der Waals surface area (Å²) >= 11 is 0. The van der Waals surface area contributed by atoms with Crippen molar-refractivity contribution in [2.45, 2.75) is 66.8 Å². The van der Waals surface area contributed by atoms with Crippen LogP contribution in [-0.4, -0.2) is 27.0 Å². The van der Waals surface area contributed by atoms with Gasteiger partial charge in [-0.15, -0.1) is 0 Å². The first kappa shape index (κ1) is 27.4. The highest BCUT2D eigenvalue weighted by Crippen LogP contribution is 2.34. The van der Waals surface area contributed by atoms with Crippen molar-refractivity contribution in [2.75, 3.05) is 6.61 Å². The van der Waals surface area contributed by atoms with Gasteiger partial charge in [0.05, 0.1) is 23.7 Å². The third kappa shape index (κ3) is 4.72. The molecule has 0 fully saturated rings. The first-order chi connectivity index (χ1) is 19.3. The molecule has 40 heavy (non-hydrogen) atoms. The molecular weight excluding hydrogens is 496 g/mol. The van der Waals surface area contributed by atoms with Crippen molar-refractivity contribution in [1.82, 2.24) is 14.2 Å². The molecule has 0 unspecified atom stereocenters. The first-order valence-corrected chi connectivity index (χ1v) is 14.2. The zero-order valence-corrected chi connectivity index (χ0v) is 24.5. The summed E-state index contributed by atoms with van der Waals surface area (Å²) in [5.74, 6) is 1.62. The van der Waals surface area contributed by atoms with Crippen molar-refractivity contribution in [3.63, 3.8) is 0 Å². The van der Waals surface area contributed by atoms with Crippen LogP contribution in [0.2, 0.25) is 0 Å². The number of rotatable bonds is 8. The molecule has 2 aromatic heterocycles. The van der Waals surface area contributed by atoms with E-state index in [9.17, 15) is 4.79 Å². The normalized spacial score (nSPS) is 12.7. The summed E-state index contributed by atoms with van der Waals surface area (Å²) in [5.41, 5.74) is 6.68. The predicted molar refractivity (Wildman–Crippen MR) is 166 cm³/mol. The highest BCUT2D eigenvalue weighted by atomic mass is 16.5. The van der Waals surface area contributed by atoms with Gasteiger partial charge in [0.2, 0.25) is 0 Å². The van der Waals surface area contributed by atoms with Crippen LogP contribution >= 0.6 is 0 Å². The molecule has 0 aliphatic rings. The first-order valence-electron chi connectivity index (χ1n) is 14.2. The molecule has 5 aromatic rings. The van der Waals surface area contributed by atoms with Gasteiger partial charge in [-0.3, -0.25) is 4.79 Å². The van der Waals surface area contributed by atoms with Gasteiger partial charge in [-0.1, -0.05) is 51.1 Å². The minimum atomic E-state index is -0.195. The lowest BCUT2D eigenvalue weighted by atomic mass is 9.96. The quantitative estimate of drug-likeness (QED) is 0.189. The average molecular weight is 535 g/mol. The van der Waals surface area contributed by atoms with Crippen LogP contribution in [0.3, 0.4) is 0 Å². The Balaban J connectivity index is 1.77. The molecule has 3 aromatic carbocycles. The maximum Gasteiger partial charge on any atom is 0.282 e. The van der Waals surface area contributed by atoms with E-state index < -0.39 is 0 Å². The lowest BCUT2D eigenvalue weighted by Gasteiger charge is -2.18. The second kappa shape index (κ2) is 11.1. The maximum absolute atomic E-state index is 13.9. The molecule has 1 atom stereocenters. The molecule has 0 aliphatic heterocycles. The van der Waals surface area contributed by atoms with Gasteiger partial charge >= 0.3 is 0 Å². The number of benzene rings is 3. The number of nitrogens with zero attached hydrogens (tertiary/aromatic N) is 4. The molecule has 0 radical (unpaired) electrons. The largest absolute Gasteiger partial charge is 0.494 e. The zero-order valence-electron chi connectivity index (χ0n) is 24.5. The Kier molecular flexibility index (Phi) is 7.61. The molecule has 0 aliphatic carbocycles. The number of aryl methyl sites for hydroxylation is 1. The molecule has 0 saturated heterocycles. The van der Waals surface area contributed by atoms with Gasteiger partial charge < -0.3 is 9.30 Å². The zero-order chi connectivity index (χ0) is 28.6. The van der Waals surface area contributed by atoms with Crippen LogP contribution < -0.4 is 10.3 Å². The summed E-state index contributed by atoms with van der Waals surface area (Å²) in [7, 11) is 0. The topological polar surface area (TPSA) is 61.4 Å². The minimum absolute atomic E-state index is 0.195. The van der Waals surface area contributed by atoms with E-state index in [2.05, 4.69) is 63.5 Å². The number of ether oxygens (including phenoxy) is 1. The number of aromatic nitrogens is 3. The molecule has 5 rings (SSSR count). The lowest BCUT2D eigenvalue weighted by Crippen LogP contribution is -2.21. The van der Waals surface area contributed by atoms with Crippen LogP contribution in [0.1, 0.15) is 75.4 Å². The fourth-order valence-corrected chi connectivity index (χ4v) is 5.52. The van der Waals surface area contributed by atoms with Crippen molar-refractivity contribution in [3.05, 3.63) is 93.4 Å². The Morgan fingerprint density at radius 1 is 0.975 bits per heavy atom. The van der Waals surface area contributed by atoms with E-state index in [4.69, 9.17) is 14.8 Å². The summed E-state index contributed by atoms with van der Waals surface area (Å²) in [4.78, 5) is 18.9. The van der Waals surface area contributed by atoms with Crippen molar-refractivity contribution >= 4 is 28.0 Å². The Bertz CT molecular complexity index is 1790. The smallest absolute Gasteiger partial charge is 0.282 e. The second-order valence-electron chi connectivity index (χ2n) is 10.8. The van der Waals surface area contributed by atoms with Crippen LogP contribution in [0.15, 0.2) is 70.6 Å². The van der Waals surface area contributed by atoms with Crippen LogP contribution in [0.5, 0.6) is 5.75 Å². The number of hydrogen-bond acceptors (Lipinski definition) is 4. The van der Waals surface area contributed by atoms with Crippen LogP contribution in [0, 0.1) is 13.8 Å². The van der Waals surface area contributed by atoms with E-state index in [1.54, 1.807) is 0 Å². The van der Waals surface area contributed by atoms with Gasteiger partial charge in [-0.05, 0) is 81.5 Å². The maximum atomic E-state index is 13.9. The van der Waals surface area contributed by atoms with Gasteiger partial charge in [-0.2, -0.15) is 9.78 Å². The van der Waals surface area contributed by atoms with E-state index in [-0.39, 0.29) is 11.5 Å². The standard InChI is InChI=1S/C34H38N4O2/c1-8-23(6)37-24(7)29(25-14-11-13-17-31(25)37)20-35-38-33(36-30-16-12-10-15-26(30)34(38)39)28-19-27(21(3)4)32(40-9-2)18-22(28)5/h10-21,23H,8-9H2,1-7H3/t23-/m0/s1. The third-order valence-electron chi connectivity index (χ3n) is 7.81. The summed E-state index contributed by atoms with van der Waals surface area (Å²) < 4.78 is 9.79. The molecule has 6 heteroatoms. The Morgan fingerprint density at radius 3 is 2.38 bits per heavy atom. The Morgan fingerprint density at radius 2 is 1.68 bits per heavy atom. The van der Waals surface area contributed by atoms with Crippen molar-refractivity contribution in [3.8, 4) is 17.1 Å². The van der Waals surface area contributed by atoms with Crippen LogP contribution in [0.4, 0.5) is 0 Å². The summed E-state index contributed by atoms with van der Waals surface area (Å²) in [6, 6.07) is 20.3. The Hall–Kier alpha value is -4.19. The molecule has 6 nitrogen and oxygen atoms in total. The van der Waals surface area contributed by atoms with Crippen molar-refractivity contribution in [1.29, 1.82) is 0 Å². The van der Waals surface area contributed by atoms with E-state index in [1.165, 1.54) is 10.2 Å². The number of hydrogen-bond donors (Lipinski definition) is 0. The number of fused-ring (bicyclic) bond motifs is 2. The highest BCUT2D eigenvalue weighted by Gasteiger charge is 2.20. The van der Waals surface area contributed by atoms with Crippen molar-refractivity contribution < 1.29 is 4.74 Å². The predicted octanol–water partition coefficient (Wildman–Crippen LogP) is 8.01. The lowest BCUT2D eigenvalue weighted by molar-refractivity contribution is 0.335. The van der Waals surface area contributed by atoms with Gasteiger partial charge in [-0.25, -0.2) is 4.98 Å². The molecule has 0 bridgehead atoms. The van der Waals surface area contributed by atoms with Gasteiger partial charge in [0.15, 0.2) is 5.82 Å². The molecule has 2 heterocycles. The fraction of sp³-hybridized carbons (Fsp3) is 0.324.